The number of unbranched alkanes of at least 4 members (excludes halogenated alkanes) is 1. The summed E-state index contributed by atoms with van der Waals surface area (Å²) >= 11 is 0. The van der Waals surface area contributed by atoms with Crippen molar-refractivity contribution in [2.75, 3.05) is 0 Å². The van der Waals surface area contributed by atoms with Crippen LogP contribution in [0.3, 0.4) is 0 Å². The maximum Gasteiger partial charge on any atom is 1.00 e. The molecule has 1 heteroatoms. The summed E-state index contributed by atoms with van der Waals surface area (Å²) in [7, 11) is 0. The van der Waals surface area contributed by atoms with Gasteiger partial charge in [0, 0.05) is 0 Å². The molecule has 0 fully saturated rings. The molecule has 0 aromatic carbocycles. The first kappa shape index (κ1) is 12.2. The van der Waals surface area contributed by atoms with Gasteiger partial charge in [0.05, 0.1) is 0 Å². The fourth-order valence-corrected chi connectivity index (χ4v) is 0.697. The van der Waals surface area contributed by atoms with Crippen LogP contribution in [0.1, 0.15) is 39.5 Å². The van der Waals surface area contributed by atoms with E-state index in [4.69, 9.17) is 0 Å². The fourth-order valence-electron chi connectivity index (χ4n) is 0.697. The van der Waals surface area contributed by atoms with E-state index in [-0.39, 0.29) is 17.1 Å². The molecule has 0 N–H and O–H groups in total. The molecular formula is C8H17Cu. The predicted octanol–water partition coefficient (Wildman–Crippen LogP) is 3.03. The zero-order chi connectivity index (χ0) is 6.41. The molecule has 0 aliphatic heterocycles. The Labute approximate surface area is 69.9 Å². The summed E-state index contributed by atoms with van der Waals surface area (Å²) in [5.41, 5.74) is 0. The summed E-state index contributed by atoms with van der Waals surface area (Å²) in [4.78, 5) is 0. The second kappa shape index (κ2) is 8.52. The first-order valence-corrected chi connectivity index (χ1v) is 3.64. The summed E-state index contributed by atoms with van der Waals surface area (Å²) in [6.45, 7) is 8.42. The van der Waals surface area contributed by atoms with Crippen molar-refractivity contribution in [2.45, 2.75) is 39.5 Å². The number of hydrogen-bond acceptors (Lipinski definition) is 0. The van der Waals surface area contributed by atoms with Crippen LogP contribution in [0, 0.1) is 12.8 Å². The van der Waals surface area contributed by atoms with Crippen molar-refractivity contribution < 1.29 is 17.1 Å². The molecule has 0 heterocycles. The second-order valence-corrected chi connectivity index (χ2v) is 2.42. The Hall–Kier alpha value is 0.519. The van der Waals surface area contributed by atoms with Gasteiger partial charge in [-0.1, -0.05) is 39.5 Å². The molecule has 0 spiro atoms. The molecule has 0 radical (unpaired) electrons. The van der Waals surface area contributed by atoms with Gasteiger partial charge < -0.3 is 6.92 Å². The van der Waals surface area contributed by atoms with E-state index in [1.54, 1.807) is 0 Å². The monoisotopic (exact) mass is 176 g/mol. The molecule has 0 aromatic rings. The standard InChI is InChI=1S/C8H17.Cu/c1-4-6-7-8(3)5-2;/h8H,3-7H2,1-2H3;/q-1;+1. The van der Waals surface area contributed by atoms with E-state index in [0.717, 1.165) is 0 Å². The number of rotatable bonds is 4. The third-order valence-corrected chi connectivity index (χ3v) is 1.54. The fraction of sp³-hybridized carbons (Fsp3) is 0.875. The first-order valence-electron chi connectivity index (χ1n) is 3.64. The summed E-state index contributed by atoms with van der Waals surface area (Å²) in [6, 6.07) is 0. The van der Waals surface area contributed by atoms with Crippen LogP contribution in [-0.2, 0) is 17.1 Å². The van der Waals surface area contributed by atoms with E-state index < -0.39 is 0 Å². The maximum absolute atomic E-state index is 3.99. The van der Waals surface area contributed by atoms with Gasteiger partial charge in [-0.25, -0.2) is 0 Å². The normalized spacial score (nSPS) is 12.3. The van der Waals surface area contributed by atoms with Gasteiger partial charge >= 0.3 is 17.1 Å². The quantitative estimate of drug-likeness (QED) is 0.457. The van der Waals surface area contributed by atoms with Crippen LogP contribution in [0.25, 0.3) is 0 Å². The molecule has 9 heavy (non-hydrogen) atoms. The third-order valence-electron chi connectivity index (χ3n) is 1.54. The van der Waals surface area contributed by atoms with Gasteiger partial charge in [0.2, 0.25) is 0 Å². The Morgan fingerprint density at radius 1 is 1.33 bits per heavy atom. The minimum atomic E-state index is 0. The molecule has 0 aromatic heterocycles. The van der Waals surface area contributed by atoms with E-state index in [1.165, 1.54) is 25.7 Å². The van der Waals surface area contributed by atoms with Crippen LogP contribution < -0.4 is 0 Å². The van der Waals surface area contributed by atoms with Crippen LogP contribution in [0.4, 0.5) is 0 Å². The van der Waals surface area contributed by atoms with Crippen LogP contribution >= 0.6 is 0 Å². The average molecular weight is 177 g/mol. The molecule has 0 aliphatic carbocycles. The van der Waals surface area contributed by atoms with Crippen molar-refractivity contribution >= 4 is 0 Å². The minimum Gasteiger partial charge on any atom is -0.340 e. The Balaban J connectivity index is 0. The Morgan fingerprint density at radius 2 is 1.89 bits per heavy atom. The van der Waals surface area contributed by atoms with Crippen molar-refractivity contribution in [3.8, 4) is 0 Å². The van der Waals surface area contributed by atoms with Crippen molar-refractivity contribution in [1.82, 2.24) is 0 Å². The van der Waals surface area contributed by atoms with Crippen LogP contribution in [0.15, 0.2) is 0 Å². The second-order valence-electron chi connectivity index (χ2n) is 2.42. The van der Waals surface area contributed by atoms with Gasteiger partial charge in [-0.15, -0.1) is 0 Å². The smallest absolute Gasteiger partial charge is 0.340 e. The molecule has 0 saturated heterocycles. The SMILES string of the molecule is [CH2-]C(CC)CCCC.[Cu+]. The molecular weight excluding hydrogens is 160 g/mol. The van der Waals surface area contributed by atoms with Crippen LogP contribution in [0.2, 0.25) is 0 Å². The van der Waals surface area contributed by atoms with E-state index in [9.17, 15) is 0 Å². The third kappa shape index (κ3) is 8.52. The van der Waals surface area contributed by atoms with E-state index in [0.29, 0.717) is 5.92 Å². The summed E-state index contributed by atoms with van der Waals surface area (Å²) in [5, 5.41) is 0. The predicted molar refractivity (Wildman–Crippen MR) is 38.7 cm³/mol. The molecule has 0 rings (SSSR count). The molecule has 0 aliphatic rings. The summed E-state index contributed by atoms with van der Waals surface area (Å²) in [6.07, 6.45) is 5.21. The zero-order valence-electron chi connectivity index (χ0n) is 6.41. The zero-order valence-corrected chi connectivity index (χ0v) is 7.36. The van der Waals surface area contributed by atoms with Gasteiger partial charge in [-0.3, -0.25) is 0 Å². The van der Waals surface area contributed by atoms with Gasteiger partial charge in [-0.2, -0.15) is 5.92 Å². The Bertz CT molecular complexity index is 43.8. The summed E-state index contributed by atoms with van der Waals surface area (Å²) in [5.74, 6) is 0.704. The van der Waals surface area contributed by atoms with Crippen LogP contribution in [0.5, 0.6) is 0 Å². The van der Waals surface area contributed by atoms with Gasteiger partial charge in [0.1, 0.15) is 0 Å². The van der Waals surface area contributed by atoms with Crippen molar-refractivity contribution in [2.24, 2.45) is 5.92 Å². The first-order chi connectivity index (χ1) is 3.81. The number of hydrogen-bond donors (Lipinski definition) is 0. The Kier molecular flexibility index (Phi) is 11.6. The molecule has 1 unspecified atom stereocenters. The van der Waals surface area contributed by atoms with Gasteiger partial charge in [-0.05, 0) is 0 Å². The molecule has 0 bridgehead atoms. The van der Waals surface area contributed by atoms with Crippen molar-refractivity contribution in [3.05, 3.63) is 6.92 Å². The van der Waals surface area contributed by atoms with E-state index >= 15 is 0 Å². The Morgan fingerprint density at radius 3 is 2.22 bits per heavy atom. The van der Waals surface area contributed by atoms with Crippen molar-refractivity contribution in [3.63, 3.8) is 0 Å². The summed E-state index contributed by atoms with van der Waals surface area (Å²) < 4.78 is 0. The molecule has 0 saturated carbocycles. The van der Waals surface area contributed by atoms with E-state index in [2.05, 4.69) is 20.8 Å². The molecule has 0 nitrogen and oxygen atoms in total. The maximum atomic E-state index is 3.99. The average Bonchev–Trinajstić information content (AvgIpc) is 1.83. The van der Waals surface area contributed by atoms with Gasteiger partial charge in [0.25, 0.3) is 0 Å². The van der Waals surface area contributed by atoms with Gasteiger partial charge in [0.15, 0.2) is 0 Å². The van der Waals surface area contributed by atoms with Crippen molar-refractivity contribution in [1.29, 1.82) is 0 Å². The minimum absolute atomic E-state index is 0. The van der Waals surface area contributed by atoms with E-state index in [1.807, 2.05) is 0 Å². The largest absolute Gasteiger partial charge is 1.00 e. The molecule has 1 atom stereocenters. The molecule has 0 amide bonds. The molecule has 60 valence electrons. The van der Waals surface area contributed by atoms with Crippen LogP contribution in [-0.4, -0.2) is 0 Å². The topological polar surface area (TPSA) is 0 Å².